The molecule has 2 heterocycles. The quantitative estimate of drug-likeness (QED) is 0.797. The molecule has 1 aromatic carbocycles. The minimum Gasteiger partial charge on any atom is -0.463 e. The van der Waals surface area contributed by atoms with Gasteiger partial charge < -0.3 is 9.73 Å². The maximum atomic E-state index is 12.0. The number of benzene rings is 1. The van der Waals surface area contributed by atoms with Crippen LogP contribution < -0.4 is 5.32 Å². The van der Waals surface area contributed by atoms with E-state index < -0.39 is 0 Å². The van der Waals surface area contributed by atoms with E-state index in [1.807, 2.05) is 42.5 Å². The van der Waals surface area contributed by atoms with Gasteiger partial charge in [0.05, 0.1) is 6.26 Å². The molecule has 0 unspecified atom stereocenters. The summed E-state index contributed by atoms with van der Waals surface area (Å²) < 4.78 is 5.32. The van der Waals surface area contributed by atoms with Gasteiger partial charge in [-0.25, -0.2) is 0 Å². The monoisotopic (exact) mass is 278 g/mol. The summed E-state index contributed by atoms with van der Waals surface area (Å²) in [5, 5.41) is 2.89. The lowest BCUT2D eigenvalue weighted by atomic mass is 10.2. The van der Waals surface area contributed by atoms with Gasteiger partial charge in [0, 0.05) is 18.3 Å². The van der Waals surface area contributed by atoms with E-state index in [2.05, 4.69) is 10.3 Å². The molecule has 3 aromatic rings. The average molecular weight is 278 g/mol. The van der Waals surface area contributed by atoms with Crippen molar-refractivity contribution in [2.24, 2.45) is 0 Å². The van der Waals surface area contributed by atoms with Gasteiger partial charge in [-0.2, -0.15) is 0 Å². The lowest BCUT2D eigenvalue weighted by Gasteiger charge is -2.06. The number of hydrogen-bond acceptors (Lipinski definition) is 3. The van der Waals surface area contributed by atoms with Gasteiger partial charge in [0.25, 0.3) is 5.91 Å². The minimum atomic E-state index is -0.0908. The molecule has 21 heavy (non-hydrogen) atoms. The molecule has 0 fully saturated rings. The first-order chi connectivity index (χ1) is 10.3. The topological polar surface area (TPSA) is 55.1 Å². The molecular weight excluding hydrogens is 264 g/mol. The van der Waals surface area contributed by atoms with Crippen LogP contribution in [0.15, 0.2) is 71.5 Å². The number of hydrogen-bond donors (Lipinski definition) is 1. The highest BCUT2D eigenvalue weighted by atomic mass is 16.3. The molecule has 4 heteroatoms. The lowest BCUT2D eigenvalue weighted by Crippen LogP contribution is -2.22. The Labute approximate surface area is 122 Å². The van der Waals surface area contributed by atoms with E-state index in [4.69, 9.17) is 4.42 Å². The molecule has 3 rings (SSSR count). The molecule has 0 aliphatic heterocycles. The van der Waals surface area contributed by atoms with Crippen molar-refractivity contribution in [2.45, 2.75) is 6.54 Å². The summed E-state index contributed by atoms with van der Waals surface area (Å²) in [6, 6.07) is 16.6. The fourth-order valence-electron chi connectivity index (χ4n) is 2.02. The maximum Gasteiger partial charge on any atom is 0.251 e. The number of furan rings is 1. The van der Waals surface area contributed by atoms with Crippen LogP contribution in [-0.2, 0) is 6.54 Å². The molecule has 1 N–H and O–H groups in total. The standard InChI is InChI=1S/C17H14N2O2/c20-17(14-5-2-1-3-6-14)19-12-13-8-9-18-15(11-13)16-7-4-10-21-16/h1-11H,12H2,(H,19,20). The molecule has 0 saturated carbocycles. The second-order valence-electron chi connectivity index (χ2n) is 4.58. The highest BCUT2D eigenvalue weighted by Gasteiger charge is 2.06. The Bertz CT molecular complexity index is 722. The second-order valence-corrected chi connectivity index (χ2v) is 4.58. The smallest absolute Gasteiger partial charge is 0.251 e. The molecule has 0 aliphatic carbocycles. The van der Waals surface area contributed by atoms with Crippen molar-refractivity contribution in [2.75, 3.05) is 0 Å². The Kier molecular flexibility index (Phi) is 3.78. The van der Waals surface area contributed by atoms with Gasteiger partial charge in [0.15, 0.2) is 5.76 Å². The Morgan fingerprint density at radius 1 is 1.10 bits per heavy atom. The van der Waals surface area contributed by atoms with Gasteiger partial charge in [0.2, 0.25) is 0 Å². The van der Waals surface area contributed by atoms with E-state index >= 15 is 0 Å². The Morgan fingerprint density at radius 3 is 2.71 bits per heavy atom. The van der Waals surface area contributed by atoms with Gasteiger partial charge in [-0.3, -0.25) is 9.78 Å². The number of carbonyl (C=O) groups excluding carboxylic acids is 1. The van der Waals surface area contributed by atoms with Gasteiger partial charge in [-0.05, 0) is 42.0 Å². The maximum absolute atomic E-state index is 12.0. The second kappa shape index (κ2) is 6.05. The third-order valence-electron chi connectivity index (χ3n) is 3.09. The zero-order chi connectivity index (χ0) is 14.5. The third kappa shape index (κ3) is 3.17. The highest BCUT2D eigenvalue weighted by Crippen LogP contribution is 2.18. The van der Waals surface area contributed by atoms with E-state index in [0.717, 1.165) is 11.3 Å². The summed E-state index contributed by atoms with van der Waals surface area (Å²) in [7, 11) is 0. The zero-order valence-corrected chi connectivity index (χ0v) is 11.3. The van der Waals surface area contributed by atoms with E-state index in [1.54, 1.807) is 24.6 Å². The van der Waals surface area contributed by atoms with Gasteiger partial charge in [0.1, 0.15) is 5.69 Å². The number of aromatic nitrogens is 1. The largest absolute Gasteiger partial charge is 0.463 e. The fourth-order valence-corrected chi connectivity index (χ4v) is 2.02. The van der Waals surface area contributed by atoms with Crippen molar-refractivity contribution in [3.63, 3.8) is 0 Å². The van der Waals surface area contributed by atoms with Crippen LogP contribution in [0.25, 0.3) is 11.5 Å². The normalized spacial score (nSPS) is 10.3. The Balaban J connectivity index is 1.69. The summed E-state index contributed by atoms with van der Waals surface area (Å²) in [4.78, 5) is 16.2. The van der Waals surface area contributed by atoms with Crippen LogP contribution in [0.1, 0.15) is 15.9 Å². The Morgan fingerprint density at radius 2 is 1.95 bits per heavy atom. The van der Waals surface area contributed by atoms with Crippen LogP contribution in [0.4, 0.5) is 0 Å². The van der Waals surface area contributed by atoms with E-state index in [-0.39, 0.29) is 5.91 Å². The summed E-state index contributed by atoms with van der Waals surface area (Å²) in [6.07, 6.45) is 3.32. The molecule has 0 radical (unpaired) electrons. The number of pyridine rings is 1. The van der Waals surface area contributed by atoms with E-state index in [0.29, 0.717) is 17.9 Å². The molecule has 0 atom stereocenters. The van der Waals surface area contributed by atoms with Crippen molar-refractivity contribution in [3.05, 3.63) is 78.2 Å². The predicted octanol–water partition coefficient (Wildman–Crippen LogP) is 3.27. The van der Waals surface area contributed by atoms with Gasteiger partial charge in [-0.15, -0.1) is 0 Å². The van der Waals surface area contributed by atoms with Crippen LogP contribution in [0, 0.1) is 0 Å². The first-order valence-electron chi connectivity index (χ1n) is 6.65. The van der Waals surface area contributed by atoms with E-state index in [1.165, 1.54) is 0 Å². The molecule has 0 saturated heterocycles. The Hall–Kier alpha value is -2.88. The molecule has 2 aromatic heterocycles. The number of rotatable bonds is 4. The molecular formula is C17H14N2O2. The molecule has 104 valence electrons. The average Bonchev–Trinajstić information content (AvgIpc) is 3.08. The summed E-state index contributed by atoms with van der Waals surface area (Å²) in [6.45, 7) is 0.448. The lowest BCUT2D eigenvalue weighted by molar-refractivity contribution is 0.0951. The fraction of sp³-hybridized carbons (Fsp3) is 0.0588. The number of nitrogens with zero attached hydrogens (tertiary/aromatic N) is 1. The van der Waals surface area contributed by atoms with Crippen LogP contribution >= 0.6 is 0 Å². The highest BCUT2D eigenvalue weighted by molar-refractivity contribution is 5.94. The van der Waals surface area contributed by atoms with Crippen LogP contribution in [-0.4, -0.2) is 10.9 Å². The van der Waals surface area contributed by atoms with E-state index in [9.17, 15) is 4.79 Å². The third-order valence-corrected chi connectivity index (χ3v) is 3.09. The van der Waals surface area contributed by atoms with Crippen molar-refractivity contribution in [1.82, 2.24) is 10.3 Å². The first kappa shape index (κ1) is 13.1. The predicted molar refractivity (Wildman–Crippen MR) is 79.6 cm³/mol. The summed E-state index contributed by atoms with van der Waals surface area (Å²) in [5.41, 5.74) is 2.38. The van der Waals surface area contributed by atoms with Crippen LogP contribution in [0.3, 0.4) is 0 Å². The number of nitrogens with one attached hydrogen (secondary N) is 1. The number of amides is 1. The molecule has 0 bridgehead atoms. The summed E-state index contributed by atoms with van der Waals surface area (Å²) in [5.74, 6) is 0.623. The molecule has 0 aliphatic rings. The van der Waals surface area contributed by atoms with Crippen LogP contribution in [0.2, 0.25) is 0 Å². The van der Waals surface area contributed by atoms with Gasteiger partial charge in [-0.1, -0.05) is 18.2 Å². The first-order valence-corrected chi connectivity index (χ1v) is 6.65. The molecule has 0 spiro atoms. The van der Waals surface area contributed by atoms with Gasteiger partial charge >= 0.3 is 0 Å². The molecule has 4 nitrogen and oxygen atoms in total. The molecule has 1 amide bonds. The zero-order valence-electron chi connectivity index (χ0n) is 11.3. The summed E-state index contributed by atoms with van der Waals surface area (Å²) >= 11 is 0. The van der Waals surface area contributed by atoms with Crippen molar-refractivity contribution in [1.29, 1.82) is 0 Å². The van der Waals surface area contributed by atoms with Crippen molar-refractivity contribution in [3.8, 4) is 11.5 Å². The minimum absolute atomic E-state index is 0.0908. The van der Waals surface area contributed by atoms with Crippen molar-refractivity contribution < 1.29 is 9.21 Å². The van der Waals surface area contributed by atoms with Crippen molar-refractivity contribution >= 4 is 5.91 Å². The number of carbonyl (C=O) groups is 1. The van der Waals surface area contributed by atoms with Crippen LogP contribution in [0.5, 0.6) is 0 Å². The SMILES string of the molecule is O=C(NCc1ccnc(-c2ccco2)c1)c1ccccc1.